The summed E-state index contributed by atoms with van der Waals surface area (Å²) in [6.07, 6.45) is -1.55. The van der Waals surface area contributed by atoms with E-state index >= 15 is 0 Å². The third kappa shape index (κ3) is 11.9. The average Bonchev–Trinajstić information content (AvgIpc) is 2.75. The molecule has 2 atom stereocenters. The molecule has 1 aromatic carbocycles. The molecule has 0 fully saturated rings. The van der Waals surface area contributed by atoms with Crippen LogP contribution in [0.4, 0.5) is 4.79 Å². The number of ether oxygens (including phenoxy) is 5. The van der Waals surface area contributed by atoms with Gasteiger partial charge in [-0.15, -0.1) is 0 Å². The molecule has 0 saturated heterocycles. The van der Waals surface area contributed by atoms with Crippen LogP contribution >= 0.6 is 0 Å². The second-order valence-electron chi connectivity index (χ2n) is 12.5. The Morgan fingerprint density at radius 3 is 1.84 bits per heavy atom. The number of nitrogens with two attached hydrogens (primary N) is 1. The van der Waals surface area contributed by atoms with E-state index in [1.807, 2.05) is 20.8 Å². The number of rotatable bonds is 9. The Labute approximate surface area is 225 Å². The monoisotopic (exact) mass is 537 g/mol. The summed E-state index contributed by atoms with van der Waals surface area (Å²) >= 11 is 0. The summed E-state index contributed by atoms with van der Waals surface area (Å²) in [7, 11) is 0. The largest absolute Gasteiger partial charge is 0.508 e. The lowest BCUT2D eigenvalue weighted by molar-refractivity contribution is -0.152. The maximum atomic E-state index is 12.5. The molecule has 0 aliphatic carbocycles. The molecule has 0 aliphatic rings. The van der Waals surface area contributed by atoms with Crippen molar-refractivity contribution >= 4 is 24.1 Å². The third-order valence-electron chi connectivity index (χ3n) is 4.77. The SMILES string of the molecule is C[C@@H](COC(=O)OCC(C)(C)C)OC(=O)[C@@H](N)Cc1ccc(OC(=O)C(C)(C)C)c(OC(=O)C(C)(C)C)c1. The maximum Gasteiger partial charge on any atom is 0.508 e. The van der Waals surface area contributed by atoms with E-state index in [0.717, 1.165) is 0 Å². The Kier molecular flexibility index (Phi) is 11.3. The summed E-state index contributed by atoms with van der Waals surface area (Å²) < 4.78 is 26.3. The number of hydrogen-bond donors (Lipinski definition) is 1. The van der Waals surface area contributed by atoms with Crippen molar-refractivity contribution in [3.8, 4) is 11.5 Å². The molecule has 38 heavy (non-hydrogen) atoms. The number of esters is 3. The summed E-state index contributed by atoms with van der Waals surface area (Å²) in [6, 6.07) is 3.55. The van der Waals surface area contributed by atoms with Crippen LogP contribution in [0.25, 0.3) is 0 Å². The second-order valence-corrected chi connectivity index (χ2v) is 12.5. The van der Waals surface area contributed by atoms with E-state index in [1.165, 1.54) is 12.1 Å². The molecule has 0 radical (unpaired) electrons. The van der Waals surface area contributed by atoms with E-state index in [0.29, 0.717) is 5.56 Å². The Morgan fingerprint density at radius 1 is 0.816 bits per heavy atom. The lowest BCUT2D eigenvalue weighted by Gasteiger charge is -2.21. The van der Waals surface area contributed by atoms with Gasteiger partial charge in [-0.2, -0.15) is 0 Å². The molecule has 0 aromatic heterocycles. The highest BCUT2D eigenvalue weighted by Crippen LogP contribution is 2.33. The van der Waals surface area contributed by atoms with Crippen LogP contribution in [-0.2, 0) is 35.0 Å². The highest BCUT2D eigenvalue weighted by atomic mass is 16.7. The van der Waals surface area contributed by atoms with E-state index in [-0.39, 0.29) is 36.5 Å². The Balaban J connectivity index is 2.87. The van der Waals surface area contributed by atoms with Gasteiger partial charge in [-0.05, 0) is 78.0 Å². The van der Waals surface area contributed by atoms with Crippen molar-refractivity contribution in [1.82, 2.24) is 0 Å². The predicted octanol–water partition coefficient (Wildman–Crippen LogP) is 4.59. The van der Waals surface area contributed by atoms with Crippen LogP contribution in [0.15, 0.2) is 18.2 Å². The van der Waals surface area contributed by atoms with Gasteiger partial charge in [0, 0.05) is 0 Å². The number of benzene rings is 1. The smallest absolute Gasteiger partial charge is 0.458 e. The highest BCUT2D eigenvalue weighted by molar-refractivity contribution is 5.81. The Hall–Kier alpha value is -3.14. The minimum Gasteiger partial charge on any atom is -0.458 e. The van der Waals surface area contributed by atoms with E-state index < -0.39 is 47.0 Å². The van der Waals surface area contributed by atoms with Gasteiger partial charge in [-0.1, -0.05) is 26.8 Å². The lowest BCUT2D eigenvalue weighted by Crippen LogP contribution is -2.37. The zero-order chi connectivity index (χ0) is 29.5. The minimum atomic E-state index is -1.06. The number of hydrogen-bond acceptors (Lipinski definition) is 10. The molecule has 0 heterocycles. The molecule has 1 rings (SSSR count). The molecule has 0 aliphatic heterocycles. The first-order valence-electron chi connectivity index (χ1n) is 12.5. The van der Waals surface area contributed by atoms with Gasteiger partial charge in [-0.3, -0.25) is 14.4 Å². The standard InChI is InChI=1S/C28H43NO9/c1-17(15-34-25(33)35-16-26(2,3)4)36-22(30)19(29)13-18-11-12-20(37-23(31)27(5,6)7)21(14-18)38-24(32)28(8,9)10/h11-12,14,17,19H,13,15-16,29H2,1-10H3/t17-,19-/m0/s1. The van der Waals surface area contributed by atoms with Gasteiger partial charge in [0.05, 0.1) is 17.4 Å². The fourth-order valence-electron chi connectivity index (χ4n) is 2.51. The lowest BCUT2D eigenvalue weighted by atomic mass is 9.97. The summed E-state index contributed by atoms with van der Waals surface area (Å²) in [5, 5.41) is 0. The number of carbonyl (C=O) groups is 4. The summed E-state index contributed by atoms with van der Waals surface area (Å²) in [5.74, 6) is -1.62. The van der Waals surface area contributed by atoms with Crippen LogP contribution in [0.3, 0.4) is 0 Å². The fourth-order valence-corrected chi connectivity index (χ4v) is 2.51. The first kappa shape index (κ1) is 32.9. The van der Waals surface area contributed by atoms with Crippen molar-refractivity contribution in [2.75, 3.05) is 13.2 Å². The van der Waals surface area contributed by atoms with Crippen molar-refractivity contribution in [1.29, 1.82) is 0 Å². The molecular weight excluding hydrogens is 494 g/mol. The van der Waals surface area contributed by atoms with Crippen LogP contribution < -0.4 is 15.2 Å². The van der Waals surface area contributed by atoms with E-state index in [9.17, 15) is 19.2 Å². The molecule has 2 N–H and O–H groups in total. The van der Waals surface area contributed by atoms with Crippen LogP contribution in [0, 0.1) is 16.2 Å². The van der Waals surface area contributed by atoms with Crippen molar-refractivity contribution in [2.45, 2.75) is 87.8 Å². The van der Waals surface area contributed by atoms with Crippen LogP contribution in [0.1, 0.15) is 74.8 Å². The molecule has 0 amide bonds. The molecule has 214 valence electrons. The molecule has 1 aromatic rings. The summed E-state index contributed by atoms with van der Waals surface area (Å²) in [5.41, 5.74) is 4.81. The zero-order valence-corrected chi connectivity index (χ0v) is 24.3. The van der Waals surface area contributed by atoms with Gasteiger partial charge in [-0.25, -0.2) is 4.79 Å². The van der Waals surface area contributed by atoms with Crippen LogP contribution in [-0.4, -0.2) is 49.4 Å². The summed E-state index contributed by atoms with van der Waals surface area (Å²) in [6.45, 7) is 17.5. The first-order valence-corrected chi connectivity index (χ1v) is 12.5. The van der Waals surface area contributed by atoms with Gasteiger partial charge >= 0.3 is 24.1 Å². The molecule has 0 bridgehead atoms. The van der Waals surface area contributed by atoms with Crippen molar-refractivity contribution in [3.05, 3.63) is 23.8 Å². The van der Waals surface area contributed by atoms with Gasteiger partial charge < -0.3 is 29.4 Å². The second kappa shape index (κ2) is 13.1. The first-order chi connectivity index (χ1) is 17.2. The quantitative estimate of drug-likeness (QED) is 0.351. The molecule has 0 unspecified atom stereocenters. The molecule has 10 nitrogen and oxygen atoms in total. The van der Waals surface area contributed by atoms with Crippen molar-refractivity contribution in [2.24, 2.45) is 22.0 Å². The van der Waals surface area contributed by atoms with Gasteiger partial charge in [0.25, 0.3) is 0 Å². The summed E-state index contributed by atoms with van der Waals surface area (Å²) in [4.78, 5) is 49.1. The third-order valence-corrected chi connectivity index (χ3v) is 4.77. The number of carbonyl (C=O) groups excluding carboxylic acids is 4. The van der Waals surface area contributed by atoms with Crippen LogP contribution in [0.2, 0.25) is 0 Å². The molecule has 0 spiro atoms. The average molecular weight is 538 g/mol. The highest BCUT2D eigenvalue weighted by Gasteiger charge is 2.29. The zero-order valence-electron chi connectivity index (χ0n) is 24.3. The minimum absolute atomic E-state index is 0.0381. The van der Waals surface area contributed by atoms with E-state index in [2.05, 4.69) is 0 Å². The van der Waals surface area contributed by atoms with E-state index in [4.69, 9.17) is 29.4 Å². The molecule has 10 heteroatoms. The van der Waals surface area contributed by atoms with Crippen molar-refractivity contribution < 1.29 is 42.9 Å². The van der Waals surface area contributed by atoms with E-state index in [1.54, 1.807) is 54.5 Å². The predicted molar refractivity (Wildman–Crippen MR) is 141 cm³/mol. The van der Waals surface area contributed by atoms with Gasteiger partial charge in [0.2, 0.25) is 0 Å². The van der Waals surface area contributed by atoms with Crippen molar-refractivity contribution in [3.63, 3.8) is 0 Å². The van der Waals surface area contributed by atoms with Gasteiger partial charge in [0.15, 0.2) is 11.5 Å². The van der Waals surface area contributed by atoms with Gasteiger partial charge in [0.1, 0.15) is 18.8 Å². The Morgan fingerprint density at radius 2 is 1.34 bits per heavy atom. The molecular formula is C28H43NO9. The molecule has 0 saturated carbocycles. The maximum absolute atomic E-state index is 12.5. The topological polar surface area (TPSA) is 140 Å². The normalized spacial score (nSPS) is 13.7. The fraction of sp³-hybridized carbons (Fsp3) is 0.643. The van der Waals surface area contributed by atoms with Crippen LogP contribution in [0.5, 0.6) is 11.5 Å². The Bertz CT molecular complexity index is 997.